The summed E-state index contributed by atoms with van der Waals surface area (Å²) in [4.78, 5) is 26.2. The Morgan fingerprint density at radius 1 is 1.44 bits per heavy atom. The van der Waals surface area contributed by atoms with E-state index in [1.54, 1.807) is 20.0 Å². The SMILES string of the molecule is CCOC(=O)c1c(NC(=O)NC(C)C)c[nH]c1C. The van der Waals surface area contributed by atoms with Crippen LogP contribution in [0.15, 0.2) is 6.20 Å². The first-order valence-electron chi connectivity index (χ1n) is 5.88. The highest BCUT2D eigenvalue weighted by molar-refractivity contribution is 6.01. The normalized spacial score (nSPS) is 10.3. The Morgan fingerprint density at radius 3 is 2.67 bits per heavy atom. The molecule has 0 atom stereocenters. The Morgan fingerprint density at radius 2 is 2.11 bits per heavy atom. The van der Waals surface area contributed by atoms with Gasteiger partial charge in [0.1, 0.15) is 5.56 Å². The van der Waals surface area contributed by atoms with Crippen molar-refractivity contribution in [2.75, 3.05) is 11.9 Å². The van der Waals surface area contributed by atoms with Gasteiger partial charge < -0.3 is 20.4 Å². The van der Waals surface area contributed by atoms with Crippen LogP contribution in [0.25, 0.3) is 0 Å². The smallest absolute Gasteiger partial charge is 0.342 e. The third-order valence-electron chi connectivity index (χ3n) is 2.22. The third kappa shape index (κ3) is 3.51. The average molecular weight is 253 g/mol. The van der Waals surface area contributed by atoms with Crippen LogP contribution in [0.3, 0.4) is 0 Å². The minimum absolute atomic E-state index is 0.0242. The van der Waals surface area contributed by atoms with Crippen molar-refractivity contribution in [3.63, 3.8) is 0 Å². The zero-order valence-corrected chi connectivity index (χ0v) is 11.1. The molecule has 1 heterocycles. The van der Waals surface area contributed by atoms with E-state index in [9.17, 15) is 9.59 Å². The molecule has 2 amide bonds. The molecule has 0 aliphatic carbocycles. The predicted molar refractivity (Wildman–Crippen MR) is 68.8 cm³/mol. The van der Waals surface area contributed by atoms with Crippen molar-refractivity contribution in [1.82, 2.24) is 10.3 Å². The number of nitrogens with one attached hydrogen (secondary N) is 3. The van der Waals surface area contributed by atoms with Crippen molar-refractivity contribution in [3.8, 4) is 0 Å². The fraction of sp³-hybridized carbons (Fsp3) is 0.500. The Balaban J connectivity index is 2.83. The molecular formula is C12H19N3O3. The summed E-state index contributed by atoms with van der Waals surface area (Å²) in [6, 6.07) is -0.328. The van der Waals surface area contributed by atoms with Crippen molar-refractivity contribution in [2.24, 2.45) is 0 Å². The van der Waals surface area contributed by atoms with E-state index in [1.165, 1.54) is 0 Å². The second-order valence-electron chi connectivity index (χ2n) is 4.18. The van der Waals surface area contributed by atoms with Gasteiger partial charge in [-0.05, 0) is 27.7 Å². The number of anilines is 1. The quantitative estimate of drug-likeness (QED) is 0.718. The van der Waals surface area contributed by atoms with Crippen LogP contribution >= 0.6 is 0 Å². The molecule has 18 heavy (non-hydrogen) atoms. The molecule has 0 bridgehead atoms. The van der Waals surface area contributed by atoms with Crippen LogP contribution in [-0.2, 0) is 4.74 Å². The maximum Gasteiger partial charge on any atom is 0.342 e. The van der Waals surface area contributed by atoms with Crippen molar-refractivity contribution in [2.45, 2.75) is 33.7 Å². The Bertz CT molecular complexity index is 438. The number of esters is 1. The Labute approximate surface area is 106 Å². The van der Waals surface area contributed by atoms with Gasteiger partial charge in [-0.2, -0.15) is 0 Å². The van der Waals surface area contributed by atoms with E-state index in [4.69, 9.17) is 4.74 Å². The lowest BCUT2D eigenvalue weighted by molar-refractivity contribution is 0.0527. The van der Waals surface area contributed by atoms with E-state index in [0.29, 0.717) is 23.6 Å². The van der Waals surface area contributed by atoms with E-state index < -0.39 is 5.97 Å². The van der Waals surface area contributed by atoms with Gasteiger partial charge in [-0.25, -0.2) is 9.59 Å². The highest BCUT2D eigenvalue weighted by Crippen LogP contribution is 2.20. The topological polar surface area (TPSA) is 83.2 Å². The zero-order valence-electron chi connectivity index (χ0n) is 11.1. The Kier molecular flexibility index (Phi) is 4.76. The minimum Gasteiger partial charge on any atom is -0.462 e. The second kappa shape index (κ2) is 6.09. The number of aromatic nitrogens is 1. The van der Waals surface area contributed by atoms with Crippen LogP contribution in [0, 0.1) is 6.92 Å². The van der Waals surface area contributed by atoms with E-state index in [0.717, 1.165) is 0 Å². The molecule has 0 aliphatic rings. The predicted octanol–water partition coefficient (Wildman–Crippen LogP) is 2.03. The molecule has 0 unspecified atom stereocenters. The molecule has 3 N–H and O–H groups in total. The number of carbonyl (C=O) groups is 2. The standard InChI is InChI=1S/C12H19N3O3/c1-5-18-11(16)10-8(4)13-6-9(10)15-12(17)14-7(2)3/h6-7,13H,5H2,1-4H3,(H2,14,15,17). The maximum absolute atomic E-state index is 11.7. The monoisotopic (exact) mass is 253 g/mol. The molecular weight excluding hydrogens is 234 g/mol. The summed E-state index contributed by atoms with van der Waals surface area (Å²) >= 11 is 0. The molecule has 6 heteroatoms. The summed E-state index contributed by atoms with van der Waals surface area (Å²) in [6.45, 7) is 7.49. The molecule has 0 aliphatic heterocycles. The summed E-state index contributed by atoms with van der Waals surface area (Å²) in [5, 5.41) is 5.30. The van der Waals surface area contributed by atoms with E-state index >= 15 is 0 Å². The molecule has 6 nitrogen and oxygen atoms in total. The Hall–Kier alpha value is -1.98. The lowest BCUT2D eigenvalue weighted by atomic mass is 10.2. The van der Waals surface area contributed by atoms with Crippen molar-refractivity contribution in [1.29, 1.82) is 0 Å². The van der Waals surface area contributed by atoms with Gasteiger partial charge >= 0.3 is 12.0 Å². The number of ether oxygens (including phenoxy) is 1. The largest absolute Gasteiger partial charge is 0.462 e. The van der Waals surface area contributed by atoms with Gasteiger partial charge in [0.25, 0.3) is 0 Å². The van der Waals surface area contributed by atoms with E-state index in [2.05, 4.69) is 15.6 Å². The number of rotatable bonds is 4. The van der Waals surface area contributed by atoms with Gasteiger partial charge in [0.05, 0.1) is 12.3 Å². The second-order valence-corrected chi connectivity index (χ2v) is 4.18. The van der Waals surface area contributed by atoms with Crippen LogP contribution in [0.5, 0.6) is 0 Å². The summed E-state index contributed by atoms with van der Waals surface area (Å²) in [5.74, 6) is -0.448. The lowest BCUT2D eigenvalue weighted by Crippen LogP contribution is -2.34. The number of hydrogen-bond acceptors (Lipinski definition) is 3. The van der Waals surface area contributed by atoms with Crippen LogP contribution < -0.4 is 10.6 Å². The summed E-state index contributed by atoms with van der Waals surface area (Å²) in [6.07, 6.45) is 1.57. The number of aromatic amines is 1. The highest BCUT2D eigenvalue weighted by atomic mass is 16.5. The molecule has 0 fully saturated rings. The van der Waals surface area contributed by atoms with Gasteiger partial charge in [-0.1, -0.05) is 0 Å². The fourth-order valence-electron chi connectivity index (χ4n) is 1.51. The zero-order chi connectivity index (χ0) is 13.7. The van der Waals surface area contributed by atoms with Crippen molar-refractivity contribution >= 4 is 17.7 Å². The van der Waals surface area contributed by atoms with Crippen molar-refractivity contribution in [3.05, 3.63) is 17.5 Å². The summed E-state index contributed by atoms with van der Waals surface area (Å²) < 4.78 is 4.94. The van der Waals surface area contributed by atoms with Crippen molar-refractivity contribution < 1.29 is 14.3 Å². The van der Waals surface area contributed by atoms with Crippen LogP contribution in [0.1, 0.15) is 36.8 Å². The molecule has 1 aromatic heterocycles. The highest BCUT2D eigenvalue weighted by Gasteiger charge is 2.19. The van der Waals surface area contributed by atoms with E-state index in [-0.39, 0.29) is 12.1 Å². The first kappa shape index (κ1) is 14.1. The van der Waals surface area contributed by atoms with E-state index in [1.807, 2.05) is 13.8 Å². The maximum atomic E-state index is 11.7. The number of H-pyrrole nitrogens is 1. The number of hydrogen-bond donors (Lipinski definition) is 3. The fourth-order valence-corrected chi connectivity index (χ4v) is 1.51. The lowest BCUT2D eigenvalue weighted by Gasteiger charge is -2.10. The molecule has 100 valence electrons. The van der Waals surface area contributed by atoms with Gasteiger partial charge in [0.2, 0.25) is 0 Å². The summed E-state index contributed by atoms with van der Waals surface area (Å²) in [7, 11) is 0. The number of carbonyl (C=O) groups excluding carboxylic acids is 2. The van der Waals surface area contributed by atoms with Gasteiger partial charge in [-0.3, -0.25) is 0 Å². The molecule has 1 aromatic rings. The number of urea groups is 1. The molecule has 0 aromatic carbocycles. The molecule has 0 spiro atoms. The third-order valence-corrected chi connectivity index (χ3v) is 2.22. The van der Waals surface area contributed by atoms with Crippen LogP contribution in [-0.4, -0.2) is 29.6 Å². The molecule has 0 saturated heterocycles. The van der Waals surface area contributed by atoms with Gasteiger partial charge in [0, 0.05) is 17.9 Å². The summed E-state index contributed by atoms with van der Waals surface area (Å²) in [5.41, 5.74) is 1.44. The first-order valence-corrected chi connectivity index (χ1v) is 5.88. The van der Waals surface area contributed by atoms with Crippen LogP contribution in [0.4, 0.5) is 10.5 Å². The first-order chi connectivity index (χ1) is 8.45. The van der Waals surface area contributed by atoms with Crippen LogP contribution in [0.2, 0.25) is 0 Å². The number of amides is 2. The molecule has 1 rings (SSSR count). The van der Waals surface area contributed by atoms with Gasteiger partial charge in [0.15, 0.2) is 0 Å². The molecule has 0 saturated carbocycles. The molecule has 0 radical (unpaired) electrons. The van der Waals surface area contributed by atoms with Gasteiger partial charge in [-0.15, -0.1) is 0 Å². The number of aryl methyl sites for hydroxylation is 1. The average Bonchev–Trinajstić information content (AvgIpc) is 2.58. The minimum atomic E-state index is -0.448.